The van der Waals surface area contributed by atoms with Crippen LogP contribution >= 0.6 is 0 Å². The van der Waals surface area contributed by atoms with Crippen LogP contribution in [0.15, 0.2) is 36.4 Å². The first-order valence-electron chi connectivity index (χ1n) is 9.55. The largest absolute Gasteiger partial charge is 0.573 e. The smallest absolute Gasteiger partial charge is 0.505 e. The minimum atomic E-state index is -4.88. The Bertz CT molecular complexity index is 1180. The van der Waals surface area contributed by atoms with Crippen molar-refractivity contribution in [2.24, 2.45) is 0 Å². The van der Waals surface area contributed by atoms with Gasteiger partial charge in [0.25, 0.3) is 5.91 Å². The van der Waals surface area contributed by atoms with Gasteiger partial charge in [0.2, 0.25) is 0 Å². The number of ether oxygens (including phenoxy) is 2. The number of benzene rings is 2. The van der Waals surface area contributed by atoms with Crippen LogP contribution in [0.2, 0.25) is 0 Å². The van der Waals surface area contributed by atoms with Crippen LogP contribution in [-0.4, -0.2) is 34.5 Å². The summed E-state index contributed by atoms with van der Waals surface area (Å²) in [7, 11) is 0. The molecule has 1 N–H and O–H groups in total. The predicted octanol–water partition coefficient (Wildman–Crippen LogP) is 5.05. The van der Waals surface area contributed by atoms with Crippen molar-refractivity contribution >= 4 is 22.8 Å². The van der Waals surface area contributed by atoms with E-state index in [0.717, 1.165) is 41.0 Å². The highest BCUT2D eigenvalue weighted by molar-refractivity contribution is 6.05. The highest BCUT2D eigenvalue weighted by atomic mass is 19.4. The maximum atomic E-state index is 14.1. The van der Waals surface area contributed by atoms with Crippen molar-refractivity contribution in [2.45, 2.75) is 33.1 Å². The summed E-state index contributed by atoms with van der Waals surface area (Å²) in [6.45, 7) is 4.86. The number of rotatable bonds is 5. The normalized spacial score (nSPS) is 12.6. The number of nitrogens with zero attached hydrogens (tertiary/aromatic N) is 1. The molecule has 6 nitrogen and oxygen atoms in total. The molecule has 3 aromatic rings. The van der Waals surface area contributed by atoms with Crippen molar-refractivity contribution in [3.63, 3.8) is 0 Å². The number of halogens is 4. The van der Waals surface area contributed by atoms with Crippen molar-refractivity contribution in [2.75, 3.05) is 6.61 Å². The number of alkyl halides is 3. The molecule has 0 spiro atoms. The molecule has 3 rings (SSSR count). The highest BCUT2D eigenvalue weighted by Crippen LogP contribution is 2.36. The molecule has 0 radical (unpaired) electrons. The van der Waals surface area contributed by atoms with Gasteiger partial charge in [0.15, 0.2) is 11.6 Å². The van der Waals surface area contributed by atoms with Crippen LogP contribution in [0.4, 0.5) is 17.6 Å². The van der Waals surface area contributed by atoms with Gasteiger partial charge in [0, 0.05) is 22.7 Å². The van der Waals surface area contributed by atoms with E-state index in [1.165, 1.54) is 0 Å². The average Bonchev–Trinajstić information content (AvgIpc) is 2.97. The zero-order chi connectivity index (χ0) is 23.8. The van der Waals surface area contributed by atoms with Crippen molar-refractivity contribution in [1.29, 1.82) is 0 Å². The number of phenolic OH excluding ortho intramolecular Hbond substituents is 1. The molecule has 0 aliphatic carbocycles. The van der Waals surface area contributed by atoms with E-state index in [4.69, 9.17) is 4.74 Å². The molecule has 1 heterocycles. The van der Waals surface area contributed by atoms with E-state index in [9.17, 15) is 32.3 Å². The van der Waals surface area contributed by atoms with E-state index in [2.05, 4.69) is 4.74 Å². The predicted molar refractivity (Wildman–Crippen MR) is 106 cm³/mol. The first-order valence-corrected chi connectivity index (χ1v) is 9.55. The fourth-order valence-corrected chi connectivity index (χ4v) is 3.57. The Morgan fingerprint density at radius 2 is 1.78 bits per heavy atom. The molecule has 170 valence electrons. The average molecular weight is 453 g/mol. The molecular formula is C22H19F4NO5. The molecule has 0 unspecified atom stereocenters. The minimum Gasteiger partial charge on any atom is -0.505 e. The van der Waals surface area contributed by atoms with E-state index < -0.39 is 41.5 Å². The minimum absolute atomic E-state index is 0.00310. The first-order chi connectivity index (χ1) is 14.9. The monoisotopic (exact) mass is 453 g/mol. The fraction of sp³-hybridized carbons (Fsp3) is 0.273. The van der Waals surface area contributed by atoms with Crippen LogP contribution in [0.5, 0.6) is 11.5 Å². The Labute approximate surface area is 180 Å². The Morgan fingerprint density at radius 1 is 1.16 bits per heavy atom. The van der Waals surface area contributed by atoms with E-state index in [0.29, 0.717) is 11.3 Å². The van der Waals surface area contributed by atoms with Crippen LogP contribution in [0.3, 0.4) is 0 Å². The molecule has 0 fully saturated rings. The number of phenols is 1. The number of esters is 1. The van der Waals surface area contributed by atoms with Crippen molar-refractivity contribution in [1.82, 2.24) is 4.57 Å². The number of hydrogen-bond acceptors (Lipinski definition) is 5. The second-order valence-electron chi connectivity index (χ2n) is 7.01. The lowest BCUT2D eigenvalue weighted by molar-refractivity contribution is -0.274. The first kappa shape index (κ1) is 23.1. The van der Waals surface area contributed by atoms with Gasteiger partial charge in [-0.1, -0.05) is 0 Å². The lowest BCUT2D eigenvalue weighted by Gasteiger charge is -2.12. The van der Waals surface area contributed by atoms with Crippen molar-refractivity contribution in [3.8, 4) is 11.5 Å². The molecule has 0 aliphatic rings. The number of carbonyl (C=O) groups is 2. The molecular weight excluding hydrogens is 434 g/mol. The third-order valence-electron chi connectivity index (χ3n) is 4.93. The van der Waals surface area contributed by atoms with Crippen LogP contribution in [0.25, 0.3) is 10.9 Å². The maximum Gasteiger partial charge on any atom is 0.573 e. The number of aromatic nitrogens is 1. The molecule has 0 amide bonds. The van der Waals surface area contributed by atoms with Gasteiger partial charge in [-0.2, -0.15) is 0 Å². The van der Waals surface area contributed by atoms with Crippen molar-refractivity contribution in [3.05, 3.63) is 59.0 Å². The number of aromatic hydroxyl groups is 1. The summed E-state index contributed by atoms with van der Waals surface area (Å²) in [5.41, 5.74) is 0.748. The van der Waals surface area contributed by atoms with Crippen LogP contribution < -0.4 is 4.74 Å². The van der Waals surface area contributed by atoms with Gasteiger partial charge in [-0.05, 0) is 56.7 Å². The third-order valence-corrected chi connectivity index (χ3v) is 4.93. The summed E-state index contributed by atoms with van der Waals surface area (Å²) in [4.78, 5) is 25.5. The summed E-state index contributed by atoms with van der Waals surface area (Å²) < 4.78 is 61.3. The van der Waals surface area contributed by atoms with Crippen LogP contribution in [-0.2, 0) is 9.53 Å². The molecule has 10 heteroatoms. The van der Waals surface area contributed by atoms with E-state index in [-0.39, 0.29) is 23.1 Å². The topological polar surface area (TPSA) is 77.8 Å². The van der Waals surface area contributed by atoms with Crippen molar-refractivity contribution < 1.29 is 41.7 Å². The van der Waals surface area contributed by atoms with E-state index in [1.807, 2.05) is 0 Å². The second-order valence-corrected chi connectivity index (χ2v) is 7.01. The standard InChI is InChI=1S/C22H19F4NO5/c1-4-31-21(30)11(2)19-12(3)27(17-10-16(23)18(28)9-15(17)19)20(29)13-5-7-14(8-6-13)32-22(24,25)26/h5-11,28H,4H2,1-3H3/t11-/m0/s1. The summed E-state index contributed by atoms with van der Waals surface area (Å²) in [5, 5.41) is 10.1. The number of hydrogen-bond donors (Lipinski definition) is 1. The molecule has 1 atom stereocenters. The molecule has 0 saturated carbocycles. The molecule has 0 aliphatic heterocycles. The molecule has 32 heavy (non-hydrogen) atoms. The quantitative estimate of drug-likeness (QED) is 0.432. The molecule has 2 aromatic carbocycles. The second kappa shape index (κ2) is 8.52. The zero-order valence-electron chi connectivity index (χ0n) is 17.3. The van der Waals surface area contributed by atoms with Crippen LogP contribution in [0.1, 0.15) is 41.4 Å². The molecule has 1 aromatic heterocycles. The van der Waals surface area contributed by atoms with Gasteiger partial charge < -0.3 is 14.6 Å². The molecule has 0 bridgehead atoms. The van der Waals surface area contributed by atoms with E-state index in [1.54, 1.807) is 20.8 Å². The van der Waals surface area contributed by atoms with Gasteiger partial charge in [0.1, 0.15) is 5.75 Å². The SMILES string of the molecule is CCOC(=O)[C@@H](C)c1c(C)n(C(=O)c2ccc(OC(F)(F)F)cc2)c2cc(F)c(O)cc12. The summed E-state index contributed by atoms with van der Waals surface area (Å²) in [6.07, 6.45) is -4.88. The summed E-state index contributed by atoms with van der Waals surface area (Å²) >= 11 is 0. The number of fused-ring (bicyclic) bond motifs is 1. The van der Waals surface area contributed by atoms with Gasteiger partial charge in [-0.25, -0.2) is 4.39 Å². The highest BCUT2D eigenvalue weighted by Gasteiger charge is 2.31. The Balaban J connectivity index is 2.13. The van der Waals surface area contributed by atoms with Gasteiger partial charge in [-0.15, -0.1) is 13.2 Å². The zero-order valence-corrected chi connectivity index (χ0v) is 17.3. The summed E-state index contributed by atoms with van der Waals surface area (Å²) in [6, 6.07) is 6.32. The lowest BCUT2D eigenvalue weighted by Crippen LogP contribution is -2.18. The fourth-order valence-electron chi connectivity index (χ4n) is 3.57. The van der Waals surface area contributed by atoms with Gasteiger partial charge in [-0.3, -0.25) is 14.2 Å². The Kier molecular flexibility index (Phi) is 6.16. The third kappa shape index (κ3) is 4.39. The Hall–Kier alpha value is -3.56. The van der Waals surface area contributed by atoms with Crippen LogP contribution in [0, 0.1) is 12.7 Å². The number of carbonyl (C=O) groups excluding carboxylic acids is 2. The lowest BCUT2D eigenvalue weighted by atomic mass is 9.98. The molecule has 0 saturated heterocycles. The van der Waals surface area contributed by atoms with Gasteiger partial charge in [0.05, 0.1) is 18.0 Å². The Morgan fingerprint density at radius 3 is 2.34 bits per heavy atom. The van der Waals surface area contributed by atoms with Gasteiger partial charge >= 0.3 is 12.3 Å². The van der Waals surface area contributed by atoms with E-state index >= 15 is 0 Å². The summed E-state index contributed by atoms with van der Waals surface area (Å²) in [5.74, 6) is -4.21. The maximum absolute atomic E-state index is 14.1.